The highest BCUT2D eigenvalue weighted by Crippen LogP contribution is 2.48. The van der Waals surface area contributed by atoms with Gasteiger partial charge < -0.3 is 14.4 Å². The molecule has 0 aliphatic rings. The molecule has 27 heavy (non-hydrogen) atoms. The van der Waals surface area contributed by atoms with Crippen LogP contribution in [0.3, 0.4) is 0 Å². The average Bonchev–Trinajstić information content (AvgIpc) is 2.61. The minimum absolute atomic E-state index is 0.0630. The molecule has 0 spiro atoms. The molecule has 1 heterocycles. The molecule has 0 atom stereocenters. The maximum Gasteiger partial charge on any atom is 0.330 e. The summed E-state index contributed by atoms with van der Waals surface area (Å²) in [7, 11) is -3.07. The van der Waals surface area contributed by atoms with E-state index in [1.807, 2.05) is 0 Å². The first-order valence-electron chi connectivity index (χ1n) is 8.23. The van der Waals surface area contributed by atoms with Crippen LogP contribution in [0.5, 0.6) is 0 Å². The van der Waals surface area contributed by atoms with Crippen molar-refractivity contribution in [3.63, 3.8) is 0 Å². The Labute approximate surface area is 162 Å². The summed E-state index contributed by atoms with van der Waals surface area (Å²) < 4.78 is 22.7. The predicted molar refractivity (Wildman–Crippen MR) is 101 cm³/mol. The fourth-order valence-electron chi connectivity index (χ4n) is 1.97. The van der Waals surface area contributed by atoms with Crippen LogP contribution in [-0.2, 0) is 28.0 Å². The number of unbranched alkanes of at least 4 members (excludes halogenated alkanes) is 1. The minimum Gasteiger partial charge on any atom is -0.323 e. The maximum atomic E-state index is 12.3. The molecule has 13 heteroatoms. The summed E-state index contributed by atoms with van der Waals surface area (Å²) in [5.74, 6) is 0.00710. The van der Waals surface area contributed by atoms with E-state index >= 15 is 0 Å². The summed E-state index contributed by atoms with van der Waals surface area (Å²) in [4.78, 5) is 34.3. The summed E-state index contributed by atoms with van der Waals surface area (Å²) >= 11 is 5.94. The van der Waals surface area contributed by atoms with Gasteiger partial charge in [0.15, 0.2) is 11.0 Å². The number of nitrogens with one attached hydrogen (secondary N) is 3. The number of amides is 2. The molecule has 2 amide bonds. The van der Waals surface area contributed by atoms with E-state index in [-0.39, 0.29) is 35.4 Å². The lowest BCUT2D eigenvalue weighted by Crippen LogP contribution is -2.12. The van der Waals surface area contributed by atoms with Crippen molar-refractivity contribution in [1.82, 2.24) is 9.97 Å². The van der Waals surface area contributed by atoms with Gasteiger partial charge in [0.25, 0.3) is 0 Å². The van der Waals surface area contributed by atoms with Crippen molar-refractivity contribution in [2.45, 2.75) is 26.7 Å². The van der Waals surface area contributed by atoms with Gasteiger partial charge in [-0.05, 0) is 26.7 Å². The van der Waals surface area contributed by atoms with Gasteiger partial charge in [0.1, 0.15) is 5.69 Å². The van der Waals surface area contributed by atoms with Gasteiger partial charge >= 0.3 is 7.60 Å². The first-order chi connectivity index (χ1) is 13.0. The van der Waals surface area contributed by atoms with Crippen LogP contribution in [0, 0.1) is 0 Å². The second kappa shape index (κ2) is 12.6. The van der Waals surface area contributed by atoms with Crippen molar-refractivity contribution in [1.29, 1.82) is 0 Å². The third-order valence-corrected chi connectivity index (χ3v) is 5.45. The quantitative estimate of drug-likeness (QED) is 0.127. The van der Waals surface area contributed by atoms with Crippen LogP contribution < -0.4 is 16.1 Å². The van der Waals surface area contributed by atoms with Gasteiger partial charge in [0.2, 0.25) is 18.8 Å². The number of rotatable bonds is 15. The number of anilines is 3. The second-order valence-corrected chi connectivity index (χ2v) is 7.46. The molecular weight excluding hydrogens is 401 g/mol. The van der Waals surface area contributed by atoms with Gasteiger partial charge in [-0.2, -0.15) is 9.97 Å². The van der Waals surface area contributed by atoms with Crippen LogP contribution in [0.1, 0.15) is 26.7 Å². The van der Waals surface area contributed by atoms with Gasteiger partial charge in [-0.25, -0.2) is 5.48 Å². The predicted octanol–water partition coefficient (Wildman–Crippen LogP) is 2.66. The topological polar surface area (TPSA) is 141 Å². The molecule has 0 bridgehead atoms. The number of hydrogen-bond acceptors (Lipinski definition) is 9. The fraction of sp³-hybridized carbons (Fsp3) is 0.571. The van der Waals surface area contributed by atoms with E-state index in [9.17, 15) is 14.2 Å². The summed E-state index contributed by atoms with van der Waals surface area (Å²) in [5, 5.41) is 4.52. The number of carbonyl (C=O) groups is 2. The average molecular weight is 424 g/mol. The van der Waals surface area contributed by atoms with Crippen molar-refractivity contribution < 1.29 is 28.0 Å². The van der Waals surface area contributed by atoms with E-state index in [1.165, 1.54) is 0 Å². The van der Waals surface area contributed by atoms with E-state index in [4.69, 9.17) is 25.5 Å². The van der Waals surface area contributed by atoms with Crippen molar-refractivity contribution in [3.8, 4) is 0 Å². The van der Waals surface area contributed by atoms with Crippen LogP contribution in [0.15, 0.2) is 0 Å². The lowest BCUT2D eigenvalue weighted by molar-refractivity contribution is -0.106. The van der Waals surface area contributed by atoms with Crippen LogP contribution in [0.4, 0.5) is 17.5 Å². The molecular formula is C14H23ClN5O6P. The summed E-state index contributed by atoms with van der Waals surface area (Å²) in [5.41, 5.74) is 2.64. The highest BCUT2D eigenvalue weighted by molar-refractivity contribution is 7.53. The maximum absolute atomic E-state index is 12.3. The van der Waals surface area contributed by atoms with Gasteiger partial charge in [-0.1, -0.05) is 11.6 Å². The Kier molecular flexibility index (Phi) is 10.8. The van der Waals surface area contributed by atoms with Crippen molar-refractivity contribution in [2.75, 3.05) is 42.1 Å². The highest BCUT2D eigenvalue weighted by Gasteiger charge is 2.22. The smallest absolute Gasteiger partial charge is 0.323 e. The Bertz CT molecular complexity index is 655. The first kappa shape index (κ1) is 23.3. The van der Waals surface area contributed by atoms with Crippen LogP contribution in [0.25, 0.3) is 0 Å². The van der Waals surface area contributed by atoms with Gasteiger partial charge in [0.05, 0.1) is 26.0 Å². The third kappa shape index (κ3) is 8.19. The number of hydrogen-bond donors (Lipinski definition) is 3. The standard InChI is InChI=1S/C14H23ClN5O6P/c1-3-25-27(23,26-4-2)8-6-5-7-24-20-13-11(16-9-21)12(15)18-14(19-13)17-10-22/h9-10H,3-8H2,1-2H3,(H,16,21)(H2,17,18,19,20,22). The Morgan fingerprint density at radius 2 is 1.74 bits per heavy atom. The lowest BCUT2D eigenvalue weighted by atomic mass is 10.4. The molecule has 11 nitrogen and oxygen atoms in total. The third-order valence-electron chi connectivity index (χ3n) is 3.00. The molecule has 152 valence electrons. The van der Waals surface area contributed by atoms with Gasteiger partial charge in [-0.15, -0.1) is 0 Å². The van der Waals surface area contributed by atoms with E-state index in [0.717, 1.165) is 0 Å². The molecule has 0 aliphatic carbocycles. The molecule has 0 aliphatic heterocycles. The van der Waals surface area contributed by atoms with Crippen LogP contribution in [-0.4, -0.2) is 48.8 Å². The number of aromatic nitrogens is 2. The van der Waals surface area contributed by atoms with Crippen molar-refractivity contribution in [3.05, 3.63) is 5.15 Å². The number of halogens is 1. The van der Waals surface area contributed by atoms with Crippen molar-refractivity contribution in [2.24, 2.45) is 0 Å². The Morgan fingerprint density at radius 3 is 2.33 bits per heavy atom. The number of carbonyl (C=O) groups excluding carboxylic acids is 2. The second-order valence-electron chi connectivity index (χ2n) is 4.91. The summed E-state index contributed by atoms with van der Waals surface area (Å²) in [6.07, 6.45) is 2.19. The van der Waals surface area contributed by atoms with E-state index < -0.39 is 7.60 Å². The van der Waals surface area contributed by atoms with E-state index in [2.05, 4.69) is 26.1 Å². The molecule has 0 saturated carbocycles. The Hall–Kier alpha value is -1.78. The highest BCUT2D eigenvalue weighted by atomic mass is 35.5. The SMILES string of the molecule is CCOP(=O)(CCCCONc1nc(NC=O)nc(Cl)c1NC=O)OCC. The number of nitrogens with zero attached hydrogens (tertiary/aromatic N) is 2. The molecule has 0 saturated heterocycles. The Morgan fingerprint density at radius 1 is 1.07 bits per heavy atom. The molecule has 3 N–H and O–H groups in total. The summed E-state index contributed by atoms with van der Waals surface area (Å²) in [6.45, 7) is 4.38. The van der Waals surface area contributed by atoms with Crippen LogP contribution in [0.2, 0.25) is 5.15 Å². The normalized spacial score (nSPS) is 11.1. The summed E-state index contributed by atoms with van der Waals surface area (Å²) in [6, 6.07) is 0. The monoisotopic (exact) mass is 423 g/mol. The lowest BCUT2D eigenvalue weighted by Gasteiger charge is -2.16. The molecule has 0 aromatic carbocycles. The zero-order valence-electron chi connectivity index (χ0n) is 15.1. The largest absolute Gasteiger partial charge is 0.330 e. The minimum atomic E-state index is -3.07. The molecule has 1 aromatic rings. The zero-order valence-corrected chi connectivity index (χ0v) is 16.7. The van der Waals surface area contributed by atoms with E-state index in [0.29, 0.717) is 38.9 Å². The first-order valence-corrected chi connectivity index (χ1v) is 10.3. The van der Waals surface area contributed by atoms with E-state index in [1.54, 1.807) is 13.8 Å². The van der Waals surface area contributed by atoms with Gasteiger partial charge in [0, 0.05) is 0 Å². The molecule has 0 fully saturated rings. The zero-order chi connectivity index (χ0) is 20.1. The Balaban J connectivity index is 2.54. The van der Waals surface area contributed by atoms with Gasteiger partial charge in [-0.3, -0.25) is 24.3 Å². The molecule has 0 radical (unpaired) electrons. The molecule has 0 unspecified atom stereocenters. The van der Waals surface area contributed by atoms with Crippen molar-refractivity contribution >= 4 is 49.5 Å². The molecule has 1 rings (SSSR count). The molecule has 1 aromatic heterocycles. The van der Waals surface area contributed by atoms with Crippen LogP contribution >= 0.6 is 19.2 Å². The fourth-order valence-corrected chi connectivity index (χ4v) is 3.92.